The lowest BCUT2D eigenvalue weighted by Crippen LogP contribution is -2.47. The van der Waals surface area contributed by atoms with Gasteiger partial charge in [0, 0.05) is 51.5 Å². The number of anilines is 2. The lowest BCUT2D eigenvalue weighted by atomic mass is 9.86. The van der Waals surface area contributed by atoms with Gasteiger partial charge in [0.05, 0.1) is 18.1 Å². The van der Waals surface area contributed by atoms with Gasteiger partial charge in [0.1, 0.15) is 12.1 Å². The molecule has 1 N–H and O–H groups in total. The van der Waals surface area contributed by atoms with Gasteiger partial charge in [-0.1, -0.05) is 32.1 Å². The lowest BCUT2D eigenvalue weighted by Gasteiger charge is -2.35. The maximum Gasteiger partial charge on any atom is 0.225 e. The molecule has 4 heterocycles. The van der Waals surface area contributed by atoms with Gasteiger partial charge >= 0.3 is 0 Å². The molecule has 0 spiro atoms. The van der Waals surface area contributed by atoms with Crippen LogP contribution < -0.4 is 15.1 Å². The number of amides is 1. The van der Waals surface area contributed by atoms with Crippen molar-refractivity contribution in [2.24, 2.45) is 5.92 Å². The normalized spacial score (nSPS) is 17.3. The fraction of sp³-hybridized carbons (Fsp3) is 0.583. The second-order valence-electron chi connectivity index (χ2n) is 9.22. The van der Waals surface area contributed by atoms with Crippen LogP contribution in [0.3, 0.4) is 0 Å². The highest BCUT2D eigenvalue weighted by Gasteiger charge is 2.22. The second kappa shape index (κ2) is 10.8. The van der Waals surface area contributed by atoms with Crippen LogP contribution >= 0.6 is 0 Å². The minimum Gasteiger partial charge on any atom is -0.354 e. The molecule has 2 fully saturated rings. The molecule has 34 heavy (non-hydrogen) atoms. The van der Waals surface area contributed by atoms with Crippen molar-refractivity contribution >= 4 is 28.7 Å². The van der Waals surface area contributed by atoms with E-state index in [1.54, 1.807) is 18.7 Å². The van der Waals surface area contributed by atoms with Crippen molar-refractivity contribution in [1.29, 1.82) is 0 Å². The van der Waals surface area contributed by atoms with Gasteiger partial charge in [-0.05, 0) is 18.4 Å². The van der Waals surface area contributed by atoms with Gasteiger partial charge in [-0.3, -0.25) is 4.79 Å². The Hall–Kier alpha value is -3.30. The van der Waals surface area contributed by atoms with Crippen LogP contribution in [-0.4, -0.2) is 68.3 Å². The van der Waals surface area contributed by atoms with Crippen LogP contribution in [0.25, 0.3) is 11.0 Å². The summed E-state index contributed by atoms with van der Waals surface area (Å²) in [6.45, 7) is 4.45. The Bertz CT molecular complexity index is 1070. The smallest absolute Gasteiger partial charge is 0.225 e. The largest absolute Gasteiger partial charge is 0.354 e. The zero-order chi connectivity index (χ0) is 23.2. The highest BCUT2D eigenvalue weighted by atomic mass is 16.1. The van der Waals surface area contributed by atoms with Crippen molar-refractivity contribution in [3.05, 3.63) is 31.0 Å². The van der Waals surface area contributed by atoms with Crippen LogP contribution in [0.4, 0.5) is 11.8 Å². The summed E-state index contributed by atoms with van der Waals surface area (Å²) < 4.78 is 1.86. The third kappa shape index (κ3) is 5.26. The van der Waals surface area contributed by atoms with E-state index in [2.05, 4.69) is 40.2 Å². The first-order chi connectivity index (χ1) is 16.8. The Morgan fingerprint density at radius 3 is 2.53 bits per heavy atom. The number of nitrogens with zero attached hydrogens (tertiary/aromatic N) is 8. The molecule has 10 nitrogen and oxygen atoms in total. The lowest BCUT2D eigenvalue weighted by molar-refractivity contribution is -0.121. The standard InChI is InChI=1S/C24H33N9O/c34-21(8-7-19-5-2-1-3-6-19)25-11-12-33-23-20(17-30-33)22(28-18-29-23)31-13-15-32(16-14-31)24-26-9-4-10-27-24/h4,9-10,17-19H,1-3,5-8,11-16H2,(H,25,34). The Balaban J connectivity index is 1.14. The van der Waals surface area contributed by atoms with E-state index >= 15 is 0 Å². The van der Waals surface area contributed by atoms with Crippen LogP contribution in [0.1, 0.15) is 44.9 Å². The summed E-state index contributed by atoms with van der Waals surface area (Å²) >= 11 is 0. The van der Waals surface area contributed by atoms with Gasteiger partial charge in [0.15, 0.2) is 5.65 Å². The second-order valence-corrected chi connectivity index (χ2v) is 9.22. The Kier molecular flexibility index (Phi) is 7.11. The van der Waals surface area contributed by atoms with Gasteiger partial charge in [-0.25, -0.2) is 24.6 Å². The van der Waals surface area contributed by atoms with Gasteiger partial charge in [-0.2, -0.15) is 5.10 Å². The molecule has 10 heteroatoms. The van der Waals surface area contributed by atoms with Crippen LogP contribution in [0.2, 0.25) is 0 Å². The molecule has 5 rings (SSSR count). The minimum absolute atomic E-state index is 0.137. The van der Waals surface area contributed by atoms with Crippen LogP contribution in [0, 0.1) is 5.92 Å². The molecule has 3 aromatic heterocycles. The molecule has 180 valence electrons. The maximum atomic E-state index is 12.3. The quantitative estimate of drug-likeness (QED) is 0.543. The number of carbonyl (C=O) groups excluding carboxylic acids is 1. The molecule has 0 bridgehead atoms. The van der Waals surface area contributed by atoms with Crippen molar-refractivity contribution < 1.29 is 4.79 Å². The molecule has 0 aromatic carbocycles. The highest BCUT2D eigenvalue weighted by molar-refractivity contribution is 5.86. The average molecular weight is 464 g/mol. The fourth-order valence-corrected chi connectivity index (χ4v) is 5.07. The van der Waals surface area contributed by atoms with Crippen LogP contribution in [0.15, 0.2) is 31.0 Å². The summed E-state index contributed by atoms with van der Waals surface area (Å²) in [6, 6.07) is 1.83. The summed E-state index contributed by atoms with van der Waals surface area (Å²) in [5.74, 6) is 2.54. The van der Waals surface area contributed by atoms with Crippen LogP contribution in [-0.2, 0) is 11.3 Å². The Morgan fingerprint density at radius 2 is 1.74 bits per heavy atom. The number of hydrogen-bond acceptors (Lipinski definition) is 8. The van der Waals surface area contributed by atoms with Crippen molar-refractivity contribution in [2.75, 3.05) is 42.5 Å². The number of rotatable bonds is 8. The van der Waals surface area contributed by atoms with Crippen molar-refractivity contribution in [1.82, 2.24) is 35.0 Å². The first-order valence-corrected chi connectivity index (χ1v) is 12.5. The number of hydrogen-bond donors (Lipinski definition) is 1. The predicted octanol–water partition coefficient (Wildman–Crippen LogP) is 2.42. The highest BCUT2D eigenvalue weighted by Crippen LogP contribution is 2.27. The van der Waals surface area contributed by atoms with E-state index in [1.807, 2.05) is 16.9 Å². The number of carbonyl (C=O) groups is 1. The predicted molar refractivity (Wildman–Crippen MR) is 131 cm³/mol. The van der Waals surface area contributed by atoms with E-state index in [0.29, 0.717) is 19.5 Å². The third-order valence-corrected chi connectivity index (χ3v) is 6.98. The Labute approximate surface area is 199 Å². The Morgan fingerprint density at radius 1 is 0.971 bits per heavy atom. The molecule has 3 aromatic rings. The molecule has 0 unspecified atom stereocenters. The monoisotopic (exact) mass is 463 g/mol. The molecule has 1 aliphatic heterocycles. The molecular weight excluding hydrogens is 430 g/mol. The first-order valence-electron chi connectivity index (χ1n) is 12.5. The van der Waals surface area contributed by atoms with Crippen molar-refractivity contribution in [3.8, 4) is 0 Å². The van der Waals surface area contributed by atoms with Crippen molar-refractivity contribution in [3.63, 3.8) is 0 Å². The van der Waals surface area contributed by atoms with Gasteiger partial charge < -0.3 is 15.1 Å². The van der Waals surface area contributed by atoms with Crippen LogP contribution in [0.5, 0.6) is 0 Å². The molecule has 1 aliphatic carbocycles. The summed E-state index contributed by atoms with van der Waals surface area (Å²) in [6.07, 6.45) is 15.2. The number of piperazine rings is 1. The molecular formula is C24H33N9O. The molecule has 1 saturated heterocycles. The number of aromatic nitrogens is 6. The zero-order valence-corrected chi connectivity index (χ0v) is 19.6. The maximum absolute atomic E-state index is 12.3. The molecule has 2 aliphatic rings. The van der Waals surface area contributed by atoms with E-state index in [9.17, 15) is 4.79 Å². The van der Waals surface area contributed by atoms with E-state index < -0.39 is 0 Å². The number of nitrogens with one attached hydrogen (secondary N) is 1. The van der Waals surface area contributed by atoms with Crippen molar-refractivity contribution in [2.45, 2.75) is 51.5 Å². The van der Waals surface area contributed by atoms with E-state index in [-0.39, 0.29) is 5.91 Å². The van der Waals surface area contributed by atoms with Gasteiger partial charge in [-0.15, -0.1) is 0 Å². The summed E-state index contributed by atoms with van der Waals surface area (Å²) in [4.78, 5) is 34.5. The molecule has 1 amide bonds. The average Bonchev–Trinajstić information content (AvgIpc) is 3.32. The van der Waals surface area contributed by atoms with E-state index in [4.69, 9.17) is 0 Å². The topological polar surface area (TPSA) is 105 Å². The fourth-order valence-electron chi connectivity index (χ4n) is 5.07. The number of fused-ring (bicyclic) bond motifs is 1. The SMILES string of the molecule is O=C(CCC1CCCCC1)NCCn1ncc2c(N3CCN(c4ncccn4)CC3)ncnc21. The third-order valence-electron chi connectivity index (χ3n) is 6.98. The summed E-state index contributed by atoms with van der Waals surface area (Å²) in [5.41, 5.74) is 0.801. The van der Waals surface area contributed by atoms with Gasteiger partial charge in [0.25, 0.3) is 0 Å². The molecule has 0 radical (unpaired) electrons. The summed E-state index contributed by atoms with van der Waals surface area (Å²) in [5, 5.41) is 8.53. The molecule has 0 atom stereocenters. The minimum atomic E-state index is 0.137. The zero-order valence-electron chi connectivity index (χ0n) is 19.6. The molecule has 1 saturated carbocycles. The summed E-state index contributed by atoms with van der Waals surface area (Å²) in [7, 11) is 0. The van der Waals surface area contributed by atoms with E-state index in [1.165, 1.54) is 32.1 Å². The van der Waals surface area contributed by atoms with Gasteiger partial charge in [0.2, 0.25) is 11.9 Å². The first kappa shape index (κ1) is 22.5. The van der Waals surface area contributed by atoms with E-state index in [0.717, 1.165) is 61.3 Å².